The average Bonchev–Trinajstić information content (AvgIpc) is 3.20. The number of thioether (sulfide) groups is 1. The third-order valence-corrected chi connectivity index (χ3v) is 5.20. The average molecular weight is 484 g/mol. The first-order chi connectivity index (χ1) is 15.1. The topological polar surface area (TPSA) is 121 Å². The number of nitrogens with zero attached hydrogens (tertiary/aromatic N) is 3. The highest BCUT2D eigenvalue weighted by molar-refractivity contribution is 7.99. The van der Waals surface area contributed by atoms with Gasteiger partial charge in [-0.25, -0.2) is 10.5 Å². The number of benzene rings is 2. The minimum atomic E-state index is -4.55. The van der Waals surface area contributed by atoms with Crippen molar-refractivity contribution in [2.45, 2.75) is 18.3 Å². The lowest BCUT2D eigenvalue weighted by Gasteiger charge is -2.11. The van der Waals surface area contributed by atoms with E-state index in [1.54, 1.807) is 19.1 Å². The van der Waals surface area contributed by atoms with E-state index in [-0.39, 0.29) is 27.6 Å². The van der Waals surface area contributed by atoms with Crippen molar-refractivity contribution in [2.75, 3.05) is 22.2 Å². The Bertz CT molecular complexity index is 1130. The number of hydrogen-bond acceptors (Lipinski definition) is 7. The summed E-state index contributed by atoms with van der Waals surface area (Å²) in [5.74, 6) is -0.450. The van der Waals surface area contributed by atoms with Gasteiger partial charge in [-0.3, -0.25) is 4.79 Å². The molecule has 3 rings (SSSR count). The number of carbonyl (C=O) groups excluding carboxylic acids is 1. The molecule has 0 aliphatic heterocycles. The second-order valence-corrected chi connectivity index (χ2v) is 7.78. The Morgan fingerprint density at radius 1 is 1.25 bits per heavy atom. The fourth-order valence-corrected chi connectivity index (χ4v) is 3.16. The Balaban J connectivity index is 1.54. The summed E-state index contributed by atoms with van der Waals surface area (Å²) in [6, 6.07) is 9.87. The number of halogens is 4. The third kappa shape index (κ3) is 6.37. The van der Waals surface area contributed by atoms with Gasteiger partial charge in [0.1, 0.15) is 0 Å². The highest BCUT2D eigenvalue weighted by atomic mass is 35.5. The Morgan fingerprint density at radius 2 is 1.97 bits per heavy atom. The SMILES string of the molecule is C/C(=N/Nc1nc(SCC(=O)Nc2cc(C(F)(F)F)ccc2Cl)n[nH]1)c1ccc(N)cc1. The van der Waals surface area contributed by atoms with E-state index < -0.39 is 17.6 Å². The monoisotopic (exact) mass is 483 g/mol. The molecule has 1 aromatic heterocycles. The van der Waals surface area contributed by atoms with Gasteiger partial charge in [0.05, 0.1) is 27.7 Å². The lowest BCUT2D eigenvalue weighted by Crippen LogP contribution is -2.15. The van der Waals surface area contributed by atoms with E-state index in [1.807, 2.05) is 12.1 Å². The molecule has 2 aromatic carbocycles. The first kappa shape index (κ1) is 23.4. The summed E-state index contributed by atoms with van der Waals surface area (Å²) in [6.07, 6.45) is -4.55. The first-order valence-corrected chi connectivity index (χ1v) is 10.4. The summed E-state index contributed by atoms with van der Waals surface area (Å²) in [5.41, 5.74) is 9.54. The van der Waals surface area contributed by atoms with Crippen LogP contribution >= 0.6 is 23.4 Å². The number of hydrazone groups is 1. The van der Waals surface area contributed by atoms with Crippen molar-refractivity contribution in [3.8, 4) is 0 Å². The van der Waals surface area contributed by atoms with E-state index >= 15 is 0 Å². The number of aromatic amines is 1. The molecule has 0 fully saturated rings. The molecule has 0 atom stereocenters. The number of rotatable bonds is 7. The minimum absolute atomic E-state index is 0.00457. The van der Waals surface area contributed by atoms with Crippen LogP contribution in [0, 0.1) is 0 Å². The summed E-state index contributed by atoms with van der Waals surface area (Å²) >= 11 is 6.86. The lowest BCUT2D eigenvalue weighted by molar-refractivity contribution is -0.137. The van der Waals surface area contributed by atoms with Gasteiger partial charge in [0.25, 0.3) is 0 Å². The van der Waals surface area contributed by atoms with Crippen LogP contribution in [0.5, 0.6) is 0 Å². The molecular formula is C19H17ClF3N7OS. The van der Waals surface area contributed by atoms with Crippen LogP contribution in [-0.4, -0.2) is 32.6 Å². The van der Waals surface area contributed by atoms with Gasteiger partial charge in [0, 0.05) is 5.69 Å². The zero-order valence-corrected chi connectivity index (χ0v) is 18.1. The highest BCUT2D eigenvalue weighted by Gasteiger charge is 2.31. The van der Waals surface area contributed by atoms with Crippen LogP contribution in [0.25, 0.3) is 0 Å². The number of carbonyl (C=O) groups is 1. The van der Waals surface area contributed by atoms with Crippen molar-refractivity contribution < 1.29 is 18.0 Å². The molecule has 5 N–H and O–H groups in total. The van der Waals surface area contributed by atoms with Crippen LogP contribution in [0.2, 0.25) is 5.02 Å². The summed E-state index contributed by atoms with van der Waals surface area (Å²) in [4.78, 5) is 16.3. The third-order valence-electron chi connectivity index (χ3n) is 4.02. The van der Waals surface area contributed by atoms with Crippen LogP contribution < -0.4 is 16.5 Å². The smallest absolute Gasteiger partial charge is 0.399 e. The normalized spacial score (nSPS) is 12.0. The standard InChI is InChI=1S/C19H17ClF3N7OS/c1-10(11-2-5-13(24)6-3-11)27-28-17-26-18(30-29-17)32-9-16(31)25-15-8-12(19(21,22)23)4-7-14(15)20/h2-8H,9,24H2,1H3,(H,25,31)(H2,26,28,29,30)/b27-10-. The summed E-state index contributed by atoms with van der Waals surface area (Å²) in [7, 11) is 0. The molecule has 1 heterocycles. The van der Waals surface area contributed by atoms with Gasteiger partial charge < -0.3 is 11.1 Å². The highest BCUT2D eigenvalue weighted by Crippen LogP contribution is 2.33. The van der Waals surface area contributed by atoms with Crippen molar-refractivity contribution in [3.63, 3.8) is 0 Å². The number of nitrogen functional groups attached to an aromatic ring is 1. The first-order valence-electron chi connectivity index (χ1n) is 9.00. The Morgan fingerprint density at radius 3 is 2.66 bits per heavy atom. The zero-order chi connectivity index (χ0) is 23.3. The fourth-order valence-electron chi connectivity index (χ4n) is 2.40. The fraction of sp³-hybridized carbons (Fsp3) is 0.158. The lowest BCUT2D eigenvalue weighted by atomic mass is 10.1. The number of amides is 1. The second kappa shape index (κ2) is 9.92. The molecule has 13 heteroatoms. The molecule has 0 unspecified atom stereocenters. The summed E-state index contributed by atoms with van der Waals surface area (Å²) in [6.45, 7) is 1.80. The predicted octanol–water partition coefficient (Wildman–Crippen LogP) is 4.63. The van der Waals surface area contributed by atoms with Gasteiger partial charge in [-0.2, -0.15) is 23.3 Å². The van der Waals surface area contributed by atoms with Crippen LogP contribution in [0.1, 0.15) is 18.1 Å². The molecule has 0 radical (unpaired) electrons. The quantitative estimate of drug-likeness (QED) is 0.168. The number of nitrogens with one attached hydrogen (secondary N) is 3. The Kier molecular flexibility index (Phi) is 7.26. The van der Waals surface area contributed by atoms with Gasteiger partial charge in [0.2, 0.25) is 17.0 Å². The molecule has 0 bridgehead atoms. The summed E-state index contributed by atoms with van der Waals surface area (Å²) in [5, 5.41) is 13.4. The number of hydrogen-bond donors (Lipinski definition) is 4. The molecule has 3 aromatic rings. The Labute approximate surface area is 189 Å². The number of aromatic nitrogens is 3. The number of nitrogens with two attached hydrogens (primary N) is 1. The molecule has 0 spiro atoms. The van der Waals surface area contributed by atoms with Crippen molar-refractivity contribution in [2.24, 2.45) is 5.10 Å². The maximum Gasteiger partial charge on any atom is 0.416 e. The van der Waals surface area contributed by atoms with Crippen LogP contribution in [-0.2, 0) is 11.0 Å². The molecule has 1 amide bonds. The summed E-state index contributed by atoms with van der Waals surface area (Å²) < 4.78 is 38.5. The molecule has 0 saturated carbocycles. The second-order valence-electron chi connectivity index (χ2n) is 6.43. The van der Waals surface area contributed by atoms with Crippen LogP contribution in [0.4, 0.5) is 30.5 Å². The van der Waals surface area contributed by atoms with E-state index in [4.69, 9.17) is 17.3 Å². The van der Waals surface area contributed by atoms with Crippen LogP contribution in [0.3, 0.4) is 0 Å². The van der Waals surface area contributed by atoms with E-state index in [9.17, 15) is 18.0 Å². The minimum Gasteiger partial charge on any atom is -0.399 e. The number of anilines is 3. The molecule has 32 heavy (non-hydrogen) atoms. The van der Waals surface area contributed by atoms with E-state index in [0.29, 0.717) is 11.4 Å². The Hall–Kier alpha value is -3.25. The van der Waals surface area contributed by atoms with Crippen molar-refractivity contribution in [3.05, 3.63) is 58.6 Å². The van der Waals surface area contributed by atoms with E-state index in [1.165, 1.54) is 0 Å². The predicted molar refractivity (Wildman–Crippen MR) is 119 cm³/mol. The molecule has 0 aliphatic carbocycles. The van der Waals surface area contributed by atoms with E-state index in [0.717, 1.165) is 35.5 Å². The maximum absolute atomic E-state index is 12.8. The molecule has 8 nitrogen and oxygen atoms in total. The molecule has 0 aliphatic rings. The van der Waals surface area contributed by atoms with Crippen LogP contribution in [0.15, 0.2) is 52.7 Å². The van der Waals surface area contributed by atoms with Crippen molar-refractivity contribution in [1.29, 1.82) is 0 Å². The number of alkyl halides is 3. The van der Waals surface area contributed by atoms with Gasteiger partial charge in [-0.05, 0) is 42.8 Å². The molecular weight excluding hydrogens is 467 g/mol. The van der Waals surface area contributed by atoms with E-state index in [2.05, 4.69) is 31.0 Å². The van der Waals surface area contributed by atoms with Gasteiger partial charge >= 0.3 is 6.18 Å². The van der Waals surface area contributed by atoms with Gasteiger partial charge in [0.15, 0.2) is 0 Å². The van der Waals surface area contributed by atoms with Crippen molar-refractivity contribution >= 4 is 52.3 Å². The largest absolute Gasteiger partial charge is 0.416 e. The van der Waals surface area contributed by atoms with Gasteiger partial charge in [-0.1, -0.05) is 35.5 Å². The zero-order valence-electron chi connectivity index (χ0n) is 16.5. The van der Waals surface area contributed by atoms with Gasteiger partial charge in [-0.15, -0.1) is 5.10 Å². The van der Waals surface area contributed by atoms with Crippen molar-refractivity contribution in [1.82, 2.24) is 15.2 Å². The molecule has 0 saturated heterocycles. The maximum atomic E-state index is 12.8. The molecule has 168 valence electrons. The number of H-pyrrole nitrogens is 1.